The number of anilines is 1. The molecular weight excluding hydrogens is 434 g/mol. The zero-order valence-electron chi connectivity index (χ0n) is 19.4. The van der Waals surface area contributed by atoms with Crippen LogP contribution in [-0.2, 0) is 16.0 Å². The Bertz CT molecular complexity index is 1330. The van der Waals surface area contributed by atoms with Crippen LogP contribution in [0.25, 0.3) is 10.8 Å². The smallest absolute Gasteiger partial charge is 0.290 e. The fraction of sp³-hybridized carbons (Fsp3) is 0.320. The lowest BCUT2D eigenvalue weighted by Crippen LogP contribution is -2.46. The molecule has 1 aromatic heterocycles. The molecule has 0 bridgehead atoms. The summed E-state index contributed by atoms with van der Waals surface area (Å²) in [6.07, 6.45) is 0.899. The number of hydrogen-bond acceptors (Lipinski definition) is 5. The molecule has 1 atom stereocenters. The van der Waals surface area contributed by atoms with Crippen molar-refractivity contribution in [2.45, 2.75) is 39.7 Å². The van der Waals surface area contributed by atoms with Crippen molar-refractivity contribution in [1.29, 1.82) is 0 Å². The highest BCUT2D eigenvalue weighted by molar-refractivity contribution is 6.06. The summed E-state index contributed by atoms with van der Waals surface area (Å²) in [5, 5.41) is 5.00. The van der Waals surface area contributed by atoms with Gasteiger partial charge in [0.1, 0.15) is 0 Å². The second-order valence-electron chi connectivity index (χ2n) is 8.61. The van der Waals surface area contributed by atoms with E-state index in [9.17, 15) is 19.2 Å². The number of nitrogens with one attached hydrogen (secondary N) is 2. The number of benzene rings is 2. The summed E-state index contributed by atoms with van der Waals surface area (Å²) in [5.41, 5.74) is 6.42. The highest BCUT2D eigenvalue weighted by Crippen LogP contribution is 2.26. The Morgan fingerprint density at radius 3 is 2.50 bits per heavy atom. The third-order valence-corrected chi connectivity index (χ3v) is 5.96. The van der Waals surface area contributed by atoms with Crippen LogP contribution in [0.1, 0.15) is 49.3 Å². The van der Waals surface area contributed by atoms with Gasteiger partial charge in [-0.25, -0.2) is 4.68 Å². The SMILES string of the molecule is CCc1cccc(N2CC(C(=O)NNC(=O)c3nn(C(C)C)c(=O)c4ccccc34)CC2=O)c1. The Kier molecular flexibility index (Phi) is 6.45. The number of amides is 3. The molecule has 34 heavy (non-hydrogen) atoms. The molecule has 2 heterocycles. The van der Waals surface area contributed by atoms with E-state index in [-0.39, 0.29) is 36.2 Å². The van der Waals surface area contributed by atoms with Crippen LogP contribution in [0.5, 0.6) is 0 Å². The fourth-order valence-electron chi connectivity index (χ4n) is 4.08. The number of hydrazine groups is 1. The molecular formula is C25H27N5O4. The van der Waals surface area contributed by atoms with E-state index in [4.69, 9.17) is 0 Å². The minimum absolute atomic E-state index is 0.0321. The van der Waals surface area contributed by atoms with Crippen LogP contribution in [0.15, 0.2) is 53.3 Å². The van der Waals surface area contributed by atoms with Crippen LogP contribution < -0.4 is 21.3 Å². The van der Waals surface area contributed by atoms with Gasteiger partial charge in [0, 0.05) is 24.0 Å². The monoisotopic (exact) mass is 461 g/mol. The Balaban J connectivity index is 1.48. The highest BCUT2D eigenvalue weighted by Gasteiger charge is 2.35. The number of rotatable bonds is 5. The van der Waals surface area contributed by atoms with Crippen molar-refractivity contribution in [3.63, 3.8) is 0 Å². The lowest BCUT2D eigenvalue weighted by molar-refractivity contribution is -0.126. The molecule has 0 spiro atoms. The van der Waals surface area contributed by atoms with Gasteiger partial charge in [-0.1, -0.05) is 37.3 Å². The zero-order valence-corrected chi connectivity index (χ0v) is 19.4. The second kappa shape index (κ2) is 9.46. The van der Waals surface area contributed by atoms with Crippen LogP contribution in [0.2, 0.25) is 0 Å². The first kappa shape index (κ1) is 23.2. The second-order valence-corrected chi connectivity index (χ2v) is 8.61. The average molecular weight is 462 g/mol. The van der Waals surface area contributed by atoms with Crippen LogP contribution >= 0.6 is 0 Å². The average Bonchev–Trinajstić information content (AvgIpc) is 3.24. The Morgan fingerprint density at radius 1 is 1.06 bits per heavy atom. The van der Waals surface area contributed by atoms with E-state index in [1.54, 1.807) is 43.0 Å². The van der Waals surface area contributed by atoms with Crippen molar-refractivity contribution in [3.05, 3.63) is 70.1 Å². The van der Waals surface area contributed by atoms with E-state index in [1.807, 2.05) is 31.2 Å². The summed E-state index contributed by atoms with van der Waals surface area (Å²) in [7, 11) is 0. The van der Waals surface area contributed by atoms with E-state index in [0.717, 1.165) is 17.7 Å². The van der Waals surface area contributed by atoms with Crippen molar-refractivity contribution in [1.82, 2.24) is 20.6 Å². The maximum atomic E-state index is 12.9. The largest absolute Gasteiger partial charge is 0.312 e. The minimum atomic E-state index is -0.643. The number of aromatic nitrogens is 2. The zero-order chi connectivity index (χ0) is 24.4. The third-order valence-electron chi connectivity index (χ3n) is 5.96. The Hall–Kier alpha value is -4.01. The summed E-state index contributed by atoms with van der Waals surface area (Å²) >= 11 is 0. The first-order valence-corrected chi connectivity index (χ1v) is 11.3. The number of fused-ring (bicyclic) bond motifs is 1. The highest BCUT2D eigenvalue weighted by atomic mass is 16.2. The standard InChI is InChI=1S/C25H27N5O4/c1-4-16-8-7-9-18(12-16)29-14-17(13-21(29)31)23(32)26-27-24(33)22-19-10-5-6-11-20(19)25(34)30(28-22)15(2)3/h5-12,15,17H,4,13-14H2,1-3H3,(H,26,32)(H,27,33). The number of carbonyl (C=O) groups is 3. The summed E-state index contributed by atoms with van der Waals surface area (Å²) in [6, 6.07) is 14.1. The van der Waals surface area contributed by atoms with Gasteiger partial charge in [0.25, 0.3) is 11.5 Å². The van der Waals surface area contributed by atoms with Crippen molar-refractivity contribution in [2.24, 2.45) is 5.92 Å². The molecule has 2 aromatic carbocycles. The van der Waals surface area contributed by atoms with Gasteiger partial charge in [0.15, 0.2) is 5.69 Å². The van der Waals surface area contributed by atoms with Crippen molar-refractivity contribution in [2.75, 3.05) is 11.4 Å². The van der Waals surface area contributed by atoms with Crippen molar-refractivity contribution < 1.29 is 14.4 Å². The van der Waals surface area contributed by atoms with Crippen molar-refractivity contribution >= 4 is 34.2 Å². The molecule has 0 aliphatic carbocycles. The fourth-order valence-corrected chi connectivity index (χ4v) is 4.08. The number of nitrogens with zero attached hydrogens (tertiary/aromatic N) is 3. The Morgan fingerprint density at radius 2 is 1.79 bits per heavy atom. The summed E-state index contributed by atoms with van der Waals surface area (Å²) in [4.78, 5) is 52.4. The van der Waals surface area contributed by atoms with Gasteiger partial charge in [0.2, 0.25) is 11.8 Å². The van der Waals surface area contributed by atoms with E-state index in [0.29, 0.717) is 10.8 Å². The van der Waals surface area contributed by atoms with Crippen molar-refractivity contribution in [3.8, 4) is 0 Å². The van der Waals surface area contributed by atoms with Gasteiger partial charge in [-0.3, -0.25) is 30.0 Å². The molecule has 9 heteroatoms. The lowest BCUT2D eigenvalue weighted by Gasteiger charge is -2.18. The molecule has 0 radical (unpaired) electrons. The van der Waals surface area contributed by atoms with Crippen LogP contribution in [0.3, 0.4) is 0 Å². The van der Waals surface area contributed by atoms with Gasteiger partial charge in [-0.05, 0) is 44.0 Å². The van der Waals surface area contributed by atoms with Gasteiger partial charge in [0.05, 0.1) is 17.3 Å². The molecule has 3 aromatic rings. The van der Waals surface area contributed by atoms with Gasteiger partial charge in [-0.15, -0.1) is 0 Å². The molecule has 9 nitrogen and oxygen atoms in total. The quantitative estimate of drug-likeness (QED) is 0.567. The molecule has 0 saturated carbocycles. The third kappa shape index (κ3) is 4.41. The number of hydrogen-bond donors (Lipinski definition) is 2. The molecule has 176 valence electrons. The van der Waals surface area contributed by atoms with E-state index in [2.05, 4.69) is 16.0 Å². The molecule has 1 aliphatic rings. The van der Waals surface area contributed by atoms with E-state index < -0.39 is 17.7 Å². The van der Waals surface area contributed by atoms with Crippen LogP contribution in [-0.4, -0.2) is 34.0 Å². The number of carbonyl (C=O) groups excluding carboxylic acids is 3. The molecule has 4 rings (SSSR count). The maximum absolute atomic E-state index is 12.9. The predicted octanol–water partition coefficient (Wildman–Crippen LogP) is 2.35. The first-order chi connectivity index (χ1) is 16.3. The molecule has 1 saturated heterocycles. The van der Waals surface area contributed by atoms with Gasteiger partial charge in [-0.2, -0.15) is 5.10 Å². The van der Waals surface area contributed by atoms with E-state index >= 15 is 0 Å². The number of aryl methyl sites for hydroxylation is 1. The molecule has 3 amide bonds. The topological polar surface area (TPSA) is 113 Å². The predicted molar refractivity (Wildman–Crippen MR) is 128 cm³/mol. The lowest BCUT2D eigenvalue weighted by atomic mass is 10.1. The normalized spacial score (nSPS) is 15.7. The van der Waals surface area contributed by atoms with Crippen LogP contribution in [0, 0.1) is 5.92 Å². The minimum Gasteiger partial charge on any atom is -0.312 e. The van der Waals surface area contributed by atoms with Crippen LogP contribution in [0.4, 0.5) is 5.69 Å². The molecule has 1 fully saturated rings. The van der Waals surface area contributed by atoms with Gasteiger partial charge < -0.3 is 4.90 Å². The van der Waals surface area contributed by atoms with Gasteiger partial charge >= 0.3 is 0 Å². The maximum Gasteiger partial charge on any atom is 0.290 e. The molecule has 1 unspecified atom stereocenters. The molecule has 1 aliphatic heterocycles. The summed E-state index contributed by atoms with van der Waals surface area (Å²) in [6.45, 7) is 5.86. The summed E-state index contributed by atoms with van der Waals surface area (Å²) in [5.74, 6) is -1.85. The first-order valence-electron chi connectivity index (χ1n) is 11.3. The summed E-state index contributed by atoms with van der Waals surface area (Å²) < 4.78 is 1.25. The Labute approximate surface area is 196 Å². The molecule has 2 N–H and O–H groups in total. The van der Waals surface area contributed by atoms with E-state index in [1.165, 1.54) is 4.68 Å².